The normalized spacial score (nSPS) is 18.0. The van der Waals surface area contributed by atoms with Crippen molar-refractivity contribution < 1.29 is 22.7 Å². The Morgan fingerprint density at radius 2 is 1.85 bits per heavy atom. The van der Waals surface area contributed by atoms with Gasteiger partial charge in [0.05, 0.1) is 23.1 Å². The van der Waals surface area contributed by atoms with E-state index in [0.29, 0.717) is 17.7 Å². The molecule has 1 amide bonds. The van der Waals surface area contributed by atoms with Crippen molar-refractivity contribution in [1.29, 1.82) is 0 Å². The van der Waals surface area contributed by atoms with Gasteiger partial charge in [0.2, 0.25) is 0 Å². The number of sulfone groups is 1. The lowest BCUT2D eigenvalue weighted by Crippen LogP contribution is -2.43. The van der Waals surface area contributed by atoms with Crippen LogP contribution in [0.15, 0.2) is 54.6 Å². The van der Waals surface area contributed by atoms with Crippen LogP contribution in [0.2, 0.25) is 0 Å². The van der Waals surface area contributed by atoms with Gasteiger partial charge in [-0.1, -0.05) is 35.9 Å². The molecule has 0 saturated carbocycles. The van der Waals surface area contributed by atoms with Gasteiger partial charge in [0.25, 0.3) is 5.91 Å². The number of esters is 1. The quantitative estimate of drug-likeness (QED) is 0.736. The van der Waals surface area contributed by atoms with E-state index in [-0.39, 0.29) is 11.5 Å². The monoisotopic (exact) mass is 387 g/mol. The molecule has 0 spiro atoms. The number of carbonyl (C=O) groups is 2. The van der Waals surface area contributed by atoms with Crippen LogP contribution in [0.5, 0.6) is 0 Å². The summed E-state index contributed by atoms with van der Waals surface area (Å²) in [5, 5.41) is 0. The van der Waals surface area contributed by atoms with Gasteiger partial charge in [0.15, 0.2) is 16.4 Å². The Morgan fingerprint density at radius 1 is 1.11 bits per heavy atom. The van der Waals surface area contributed by atoms with E-state index in [4.69, 9.17) is 4.74 Å². The van der Waals surface area contributed by atoms with Crippen LogP contribution in [0.1, 0.15) is 22.3 Å². The summed E-state index contributed by atoms with van der Waals surface area (Å²) >= 11 is 0. The topological polar surface area (TPSA) is 80.8 Å². The molecule has 0 unspecified atom stereocenters. The second kappa shape index (κ2) is 7.92. The number of benzene rings is 2. The number of aryl methyl sites for hydroxylation is 1. The van der Waals surface area contributed by atoms with Crippen molar-refractivity contribution in [2.75, 3.05) is 23.0 Å². The van der Waals surface area contributed by atoms with E-state index < -0.39 is 34.4 Å². The first-order valence-corrected chi connectivity index (χ1v) is 10.5. The average Bonchev–Trinajstić information content (AvgIpc) is 3.00. The first-order valence-electron chi connectivity index (χ1n) is 8.67. The predicted molar refractivity (Wildman–Crippen MR) is 102 cm³/mol. The van der Waals surface area contributed by atoms with Gasteiger partial charge in [0, 0.05) is 5.69 Å². The molecule has 0 aliphatic carbocycles. The molecule has 1 atom stereocenters. The van der Waals surface area contributed by atoms with Gasteiger partial charge >= 0.3 is 5.97 Å². The number of amides is 1. The molecule has 0 bridgehead atoms. The summed E-state index contributed by atoms with van der Waals surface area (Å²) in [7, 11) is -3.16. The van der Waals surface area contributed by atoms with E-state index in [9.17, 15) is 18.0 Å². The lowest BCUT2D eigenvalue weighted by molar-refractivity contribution is -0.122. The van der Waals surface area contributed by atoms with Crippen molar-refractivity contribution in [2.45, 2.75) is 19.4 Å². The second-order valence-electron chi connectivity index (χ2n) is 6.60. The summed E-state index contributed by atoms with van der Waals surface area (Å²) in [5.41, 5.74) is 1.88. The van der Waals surface area contributed by atoms with Gasteiger partial charge in [-0.3, -0.25) is 4.79 Å². The van der Waals surface area contributed by atoms with Crippen molar-refractivity contribution in [3.05, 3.63) is 65.7 Å². The first kappa shape index (κ1) is 19.1. The molecule has 27 heavy (non-hydrogen) atoms. The molecule has 2 aromatic rings. The van der Waals surface area contributed by atoms with E-state index in [1.54, 1.807) is 42.5 Å². The fourth-order valence-electron chi connectivity index (χ4n) is 3.18. The molecular weight excluding hydrogens is 366 g/mol. The zero-order valence-corrected chi connectivity index (χ0v) is 15.8. The van der Waals surface area contributed by atoms with Gasteiger partial charge in [-0.2, -0.15) is 0 Å². The van der Waals surface area contributed by atoms with Crippen molar-refractivity contribution in [3.63, 3.8) is 0 Å². The Kier molecular flexibility index (Phi) is 5.60. The standard InChI is InChI=1S/C20H21NO5S/c1-15-6-5-7-16(12-15)20(23)26-13-19(22)21(17-8-3-2-4-9-17)18-10-11-27(24,25)14-18/h2-9,12,18H,10-11,13-14H2,1H3/t18-/m0/s1. The van der Waals surface area contributed by atoms with Crippen LogP contribution in [0.25, 0.3) is 0 Å². The van der Waals surface area contributed by atoms with E-state index in [1.807, 2.05) is 19.1 Å². The smallest absolute Gasteiger partial charge is 0.338 e. The number of rotatable bonds is 5. The Balaban J connectivity index is 1.74. The minimum atomic E-state index is -3.16. The second-order valence-corrected chi connectivity index (χ2v) is 8.83. The van der Waals surface area contributed by atoms with Crippen LogP contribution < -0.4 is 4.90 Å². The van der Waals surface area contributed by atoms with Crippen LogP contribution in [0.4, 0.5) is 5.69 Å². The molecule has 7 heteroatoms. The van der Waals surface area contributed by atoms with Crippen molar-refractivity contribution in [2.24, 2.45) is 0 Å². The average molecular weight is 387 g/mol. The zero-order valence-electron chi connectivity index (χ0n) is 15.0. The molecule has 0 radical (unpaired) electrons. The lowest BCUT2D eigenvalue weighted by Gasteiger charge is -2.28. The number of hydrogen-bond donors (Lipinski definition) is 0. The van der Waals surface area contributed by atoms with E-state index in [0.717, 1.165) is 5.56 Å². The maximum atomic E-state index is 12.8. The summed E-state index contributed by atoms with van der Waals surface area (Å²) in [6, 6.07) is 15.3. The largest absolute Gasteiger partial charge is 0.452 e. The van der Waals surface area contributed by atoms with Gasteiger partial charge < -0.3 is 9.64 Å². The van der Waals surface area contributed by atoms with E-state index in [2.05, 4.69) is 0 Å². The number of para-hydroxylation sites is 1. The molecule has 2 aromatic carbocycles. The molecule has 0 N–H and O–H groups in total. The maximum absolute atomic E-state index is 12.8. The van der Waals surface area contributed by atoms with Gasteiger partial charge in [-0.05, 0) is 37.6 Å². The molecule has 1 aliphatic heterocycles. The molecular formula is C20H21NO5S. The van der Waals surface area contributed by atoms with Crippen LogP contribution in [0, 0.1) is 6.92 Å². The number of nitrogens with zero attached hydrogens (tertiary/aromatic N) is 1. The third-order valence-electron chi connectivity index (χ3n) is 4.46. The number of hydrogen-bond acceptors (Lipinski definition) is 5. The Hall–Kier alpha value is -2.67. The zero-order chi connectivity index (χ0) is 19.4. The predicted octanol–water partition coefficient (Wildman–Crippen LogP) is 2.37. The summed E-state index contributed by atoms with van der Waals surface area (Å²) in [6.07, 6.45) is 0.370. The molecule has 1 aliphatic rings. The molecule has 142 valence electrons. The number of anilines is 1. The van der Waals surface area contributed by atoms with Crippen molar-refractivity contribution in [3.8, 4) is 0 Å². The minimum absolute atomic E-state index is 0.0529. The van der Waals surface area contributed by atoms with Crippen molar-refractivity contribution >= 4 is 27.4 Å². The Labute approximate surface area is 158 Å². The van der Waals surface area contributed by atoms with E-state index >= 15 is 0 Å². The molecule has 6 nitrogen and oxygen atoms in total. The third-order valence-corrected chi connectivity index (χ3v) is 6.21. The minimum Gasteiger partial charge on any atom is -0.452 e. The molecule has 0 aromatic heterocycles. The molecule has 1 fully saturated rings. The van der Waals surface area contributed by atoms with E-state index in [1.165, 1.54) is 4.90 Å². The Morgan fingerprint density at radius 3 is 2.48 bits per heavy atom. The summed E-state index contributed by atoms with van der Waals surface area (Å²) in [5.74, 6) is -1.06. The first-order chi connectivity index (χ1) is 12.9. The van der Waals surface area contributed by atoms with Crippen LogP contribution in [-0.4, -0.2) is 44.4 Å². The maximum Gasteiger partial charge on any atom is 0.338 e. The highest BCUT2D eigenvalue weighted by Gasteiger charge is 2.35. The summed E-state index contributed by atoms with van der Waals surface area (Å²) in [6.45, 7) is 1.41. The molecule has 1 heterocycles. The fourth-order valence-corrected chi connectivity index (χ4v) is 4.88. The highest BCUT2D eigenvalue weighted by Crippen LogP contribution is 2.24. The third kappa shape index (κ3) is 4.74. The Bertz CT molecular complexity index is 940. The van der Waals surface area contributed by atoms with Gasteiger partial charge in [-0.25, -0.2) is 13.2 Å². The highest BCUT2D eigenvalue weighted by atomic mass is 32.2. The number of carbonyl (C=O) groups excluding carboxylic acids is 2. The SMILES string of the molecule is Cc1cccc(C(=O)OCC(=O)N(c2ccccc2)[C@H]2CCS(=O)(=O)C2)c1. The summed E-state index contributed by atoms with van der Waals surface area (Å²) < 4.78 is 28.9. The van der Waals surface area contributed by atoms with Gasteiger partial charge in [0.1, 0.15) is 0 Å². The van der Waals surface area contributed by atoms with Crippen molar-refractivity contribution in [1.82, 2.24) is 0 Å². The van der Waals surface area contributed by atoms with Gasteiger partial charge in [-0.15, -0.1) is 0 Å². The van der Waals surface area contributed by atoms with Crippen LogP contribution in [-0.2, 0) is 19.4 Å². The lowest BCUT2D eigenvalue weighted by atomic mass is 10.1. The summed E-state index contributed by atoms with van der Waals surface area (Å²) in [4.78, 5) is 26.4. The number of ether oxygens (including phenoxy) is 1. The molecule has 1 saturated heterocycles. The highest BCUT2D eigenvalue weighted by molar-refractivity contribution is 7.91. The molecule has 3 rings (SSSR count). The fraction of sp³-hybridized carbons (Fsp3) is 0.300. The van der Waals surface area contributed by atoms with Crippen LogP contribution in [0.3, 0.4) is 0 Å². The van der Waals surface area contributed by atoms with Crippen LogP contribution >= 0.6 is 0 Å².